The number of nitrogens with two attached hydrogens (primary N) is 2. The van der Waals surface area contributed by atoms with Crippen molar-refractivity contribution in [2.75, 3.05) is 13.2 Å². The lowest BCUT2D eigenvalue weighted by atomic mass is 9.85. The quantitative estimate of drug-likeness (QED) is 0.218. The lowest BCUT2D eigenvalue weighted by Gasteiger charge is -2.30. The molecule has 0 rings (SSSR count). The zero-order chi connectivity index (χ0) is 13.8. The first kappa shape index (κ1) is 15.9. The summed E-state index contributed by atoms with van der Waals surface area (Å²) in [6.45, 7) is -1.52. The molecular formula is C8H16N2O7. The second kappa shape index (κ2) is 6.00. The largest absolute Gasteiger partial charge is 0.479 e. The van der Waals surface area contributed by atoms with Gasteiger partial charge in [0, 0.05) is 6.54 Å². The fourth-order valence-electron chi connectivity index (χ4n) is 1.12. The number of Topliss-reactive ketones (excluding diaryl/α,β-unsaturated/α-hetero) is 1. The minimum Gasteiger partial charge on any atom is -0.479 e. The predicted octanol–water partition coefficient (Wildman–Crippen LogP) is -4.63. The highest BCUT2D eigenvalue weighted by molar-refractivity contribution is 6.09. The molecule has 0 spiro atoms. The number of rotatable bonds is 7. The van der Waals surface area contributed by atoms with Gasteiger partial charge in [0.05, 0.1) is 12.6 Å². The van der Waals surface area contributed by atoms with Crippen molar-refractivity contribution in [3.63, 3.8) is 0 Å². The highest BCUT2D eigenvalue weighted by Crippen LogP contribution is 2.15. The Bertz CT molecular complexity index is 298. The molecule has 4 atom stereocenters. The number of hydrogen-bond acceptors (Lipinski definition) is 8. The molecule has 0 aromatic carbocycles. The third-order valence-corrected chi connectivity index (χ3v) is 2.31. The van der Waals surface area contributed by atoms with Crippen molar-refractivity contribution >= 4 is 11.8 Å². The number of carbonyl (C=O) groups excluding carboxylic acids is 1. The summed E-state index contributed by atoms with van der Waals surface area (Å²) >= 11 is 0. The molecule has 1 unspecified atom stereocenters. The number of carbonyl (C=O) groups is 2. The molecule has 0 fully saturated rings. The Morgan fingerprint density at radius 3 is 2.06 bits per heavy atom. The topological polar surface area (TPSA) is 187 Å². The van der Waals surface area contributed by atoms with Crippen molar-refractivity contribution in [3.05, 3.63) is 0 Å². The summed E-state index contributed by atoms with van der Waals surface area (Å²) in [4.78, 5) is 22.3. The van der Waals surface area contributed by atoms with Gasteiger partial charge in [-0.1, -0.05) is 0 Å². The van der Waals surface area contributed by atoms with Crippen molar-refractivity contribution in [3.8, 4) is 0 Å². The standard InChI is InChI=1S/C8H16N2O7/c9-1-4(10)8(17,7(15)16)6(14)5(13)3(12)2-11/h3-5,11-13,17H,1-2,9-10H2,(H,15,16)/t3-,4?,5-,8-/m1/s1. The Morgan fingerprint density at radius 1 is 1.29 bits per heavy atom. The van der Waals surface area contributed by atoms with Crippen LogP contribution in [0.4, 0.5) is 0 Å². The van der Waals surface area contributed by atoms with Gasteiger partial charge in [-0.05, 0) is 0 Å². The van der Waals surface area contributed by atoms with Gasteiger partial charge < -0.3 is 37.0 Å². The minimum absolute atomic E-state index is 0.531. The first-order valence-electron chi connectivity index (χ1n) is 4.66. The van der Waals surface area contributed by atoms with E-state index in [9.17, 15) is 19.8 Å². The predicted molar refractivity (Wildman–Crippen MR) is 53.7 cm³/mol. The van der Waals surface area contributed by atoms with Crippen molar-refractivity contribution in [2.45, 2.75) is 23.9 Å². The second-order valence-electron chi connectivity index (χ2n) is 3.47. The third-order valence-electron chi connectivity index (χ3n) is 2.31. The molecule has 9 heteroatoms. The summed E-state index contributed by atoms with van der Waals surface area (Å²) in [6.07, 6.45) is -4.20. The maximum atomic E-state index is 11.5. The van der Waals surface area contributed by atoms with Gasteiger partial charge in [-0.3, -0.25) is 4.79 Å². The number of ketones is 1. The molecule has 0 amide bonds. The van der Waals surface area contributed by atoms with Crippen LogP contribution in [0.15, 0.2) is 0 Å². The van der Waals surface area contributed by atoms with Gasteiger partial charge in [0.25, 0.3) is 0 Å². The van der Waals surface area contributed by atoms with Crippen LogP contribution in [0.1, 0.15) is 0 Å². The molecule has 0 aromatic heterocycles. The normalized spacial score (nSPS) is 20.1. The fourth-order valence-corrected chi connectivity index (χ4v) is 1.12. The maximum Gasteiger partial charge on any atom is 0.345 e. The number of hydrogen-bond donors (Lipinski definition) is 7. The molecule has 0 aromatic rings. The van der Waals surface area contributed by atoms with Crippen molar-refractivity contribution in [2.24, 2.45) is 11.5 Å². The Hall–Kier alpha value is -1.10. The summed E-state index contributed by atoms with van der Waals surface area (Å²) in [5.41, 5.74) is 7.13. The first-order valence-corrected chi connectivity index (χ1v) is 4.66. The van der Waals surface area contributed by atoms with Gasteiger partial charge in [-0.25, -0.2) is 4.79 Å². The molecule has 0 saturated heterocycles. The van der Waals surface area contributed by atoms with E-state index >= 15 is 0 Å². The average molecular weight is 252 g/mol. The van der Waals surface area contributed by atoms with E-state index in [1.165, 1.54) is 0 Å². The maximum absolute atomic E-state index is 11.5. The lowest BCUT2D eigenvalue weighted by molar-refractivity contribution is -0.174. The van der Waals surface area contributed by atoms with Crippen LogP contribution in [0, 0.1) is 0 Å². The summed E-state index contributed by atoms with van der Waals surface area (Å²) in [5.74, 6) is -3.63. The van der Waals surface area contributed by atoms with E-state index in [-0.39, 0.29) is 0 Å². The summed E-state index contributed by atoms with van der Waals surface area (Å²) < 4.78 is 0. The van der Waals surface area contributed by atoms with Crippen LogP contribution in [0.25, 0.3) is 0 Å². The van der Waals surface area contributed by atoms with Crippen LogP contribution in [0.2, 0.25) is 0 Å². The molecule has 100 valence electrons. The first-order chi connectivity index (χ1) is 7.73. The summed E-state index contributed by atoms with van der Waals surface area (Å²) in [6, 6.07) is -1.66. The molecule has 0 heterocycles. The molecule has 0 bridgehead atoms. The molecule has 0 aliphatic rings. The van der Waals surface area contributed by atoms with Gasteiger partial charge in [-0.15, -0.1) is 0 Å². The second-order valence-corrected chi connectivity index (χ2v) is 3.47. The SMILES string of the molecule is NCC(N)[C@](O)(C(=O)O)C(=O)[C@H](O)[C@H](O)CO. The van der Waals surface area contributed by atoms with E-state index in [4.69, 9.17) is 26.8 Å². The molecule has 0 radical (unpaired) electrons. The minimum atomic E-state index is -3.12. The van der Waals surface area contributed by atoms with Crippen LogP contribution >= 0.6 is 0 Å². The van der Waals surface area contributed by atoms with Gasteiger partial charge in [0.2, 0.25) is 11.4 Å². The van der Waals surface area contributed by atoms with Crippen molar-refractivity contribution in [1.82, 2.24) is 0 Å². The van der Waals surface area contributed by atoms with Crippen molar-refractivity contribution in [1.29, 1.82) is 0 Å². The van der Waals surface area contributed by atoms with Gasteiger partial charge in [0.15, 0.2) is 0 Å². The summed E-state index contributed by atoms with van der Waals surface area (Å²) in [5, 5.41) is 45.1. The Balaban J connectivity index is 5.22. The highest BCUT2D eigenvalue weighted by atomic mass is 16.4. The number of carboxylic acids is 1. The van der Waals surface area contributed by atoms with Crippen LogP contribution in [0.5, 0.6) is 0 Å². The average Bonchev–Trinajstić information content (AvgIpc) is 2.33. The van der Waals surface area contributed by atoms with E-state index in [2.05, 4.69) is 0 Å². The number of carboxylic acid groups (broad SMARTS) is 1. The lowest BCUT2D eigenvalue weighted by Crippen LogP contribution is -2.65. The van der Waals surface area contributed by atoms with Crippen LogP contribution in [-0.2, 0) is 9.59 Å². The zero-order valence-corrected chi connectivity index (χ0v) is 8.85. The molecule has 9 N–H and O–H groups in total. The molecule has 0 aliphatic heterocycles. The smallest absolute Gasteiger partial charge is 0.345 e. The monoisotopic (exact) mass is 252 g/mol. The van der Waals surface area contributed by atoms with Crippen LogP contribution in [-0.4, -0.2) is 74.3 Å². The van der Waals surface area contributed by atoms with Gasteiger partial charge >= 0.3 is 5.97 Å². The zero-order valence-electron chi connectivity index (χ0n) is 8.85. The number of aliphatic hydroxyl groups is 4. The van der Waals surface area contributed by atoms with Gasteiger partial charge in [-0.2, -0.15) is 0 Å². The third kappa shape index (κ3) is 2.97. The van der Waals surface area contributed by atoms with Crippen LogP contribution in [0.3, 0.4) is 0 Å². The van der Waals surface area contributed by atoms with Gasteiger partial charge in [0.1, 0.15) is 12.2 Å². The van der Waals surface area contributed by atoms with E-state index in [0.29, 0.717) is 0 Å². The molecule has 0 aliphatic carbocycles. The number of aliphatic carboxylic acids is 1. The van der Waals surface area contributed by atoms with E-state index < -0.39 is 48.8 Å². The van der Waals surface area contributed by atoms with Crippen LogP contribution < -0.4 is 11.5 Å². The Kier molecular flexibility index (Phi) is 5.61. The number of aliphatic hydroxyl groups excluding tert-OH is 3. The highest BCUT2D eigenvalue weighted by Gasteiger charge is 2.52. The summed E-state index contributed by atoms with van der Waals surface area (Å²) in [7, 11) is 0. The van der Waals surface area contributed by atoms with Crippen molar-refractivity contribution < 1.29 is 35.1 Å². The Labute approximate surface area is 96.3 Å². The molecular weight excluding hydrogens is 236 g/mol. The molecule has 0 saturated carbocycles. The molecule has 17 heavy (non-hydrogen) atoms. The molecule has 9 nitrogen and oxygen atoms in total. The van der Waals surface area contributed by atoms with E-state index in [1.807, 2.05) is 0 Å². The fraction of sp³-hybridized carbons (Fsp3) is 0.750. The Morgan fingerprint density at radius 2 is 1.76 bits per heavy atom. The van der Waals surface area contributed by atoms with E-state index in [1.54, 1.807) is 0 Å². The van der Waals surface area contributed by atoms with E-state index in [0.717, 1.165) is 0 Å².